The summed E-state index contributed by atoms with van der Waals surface area (Å²) in [5.74, 6) is 0.649. The van der Waals surface area contributed by atoms with E-state index in [9.17, 15) is 9.59 Å². The molecule has 0 aromatic rings. The maximum Gasteiger partial charge on any atom is 0.411 e. The molecule has 1 saturated heterocycles. The first-order valence-electron chi connectivity index (χ1n) is 6.75. The molecule has 3 atom stereocenters. The van der Waals surface area contributed by atoms with Crippen LogP contribution in [0.3, 0.4) is 0 Å². The maximum absolute atomic E-state index is 12.2. The molecule has 4 heteroatoms. The number of rotatable bonds is 2. The van der Waals surface area contributed by atoms with Gasteiger partial charge in [-0.25, -0.2) is 4.79 Å². The molecule has 0 aromatic carbocycles. The van der Waals surface area contributed by atoms with Crippen LogP contribution in [0.5, 0.6) is 0 Å². The minimum absolute atomic E-state index is 0.0302. The Hall–Kier alpha value is -1.06. The second kappa shape index (κ2) is 4.25. The Bertz CT molecular complexity index is 370. The van der Waals surface area contributed by atoms with E-state index in [1.165, 1.54) is 0 Å². The van der Waals surface area contributed by atoms with Gasteiger partial charge in [-0.3, -0.25) is 9.69 Å². The van der Waals surface area contributed by atoms with E-state index in [1.54, 1.807) is 4.90 Å². The van der Waals surface area contributed by atoms with E-state index in [1.807, 2.05) is 34.6 Å². The van der Waals surface area contributed by atoms with Gasteiger partial charge in [0.15, 0.2) is 5.78 Å². The van der Waals surface area contributed by atoms with Crippen LogP contribution in [0.1, 0.15) is 47.5 Å². The summed E-state index contributed by atoms with van der Waals surface area (Å²) in [6.07, 6.45) is 1.52. The Labute approximate surface area is 109 Å². The molecule has 2 rings (SSSR count). The molecule has 0 spiro atoms. The van der Waals surface area contributed by atoms with E-state index in [-0.39, 0.29) is 29.9 Å². The van der Waals surface area contributed by atoms with E-state index in [0.717, 1.165) is 12.8 Å². The van der Waals surface area contributed by atoms with Gasteiger partial charge in [-0.05, 0) is 39.5 Å². The van der Waals surface area contributed by atoms with E-state index in [0.29, 0.717) is 5.92 Å². The highest BCUT2D eigenvalue weighted by atomic mass is 16.6. The van der Waals surface area contributed by atoms with Crippen molar-refractivity contribution in [2.45, 2.75) is 65.1 Å². The van der Waals surface area contributed by atoms with Crippen LogP contribution in [0.15, 0.2) is 0 Å². The maximum atomic E-state index is 12.2. The zero-order valence-corrected chi connectivity index (χ0v) is 11.9. The number of amides is 1. The van der Waals surface area contributed by atoms with Crippen molar-refractivity contribution in [2.75, 3.05) is 0 Å². The lowest BCUT2D eigenvalue weighted by atomic mass is 9.98. The second-order valence-electron chi connectivity index (χ2n) is 6.76. The first-order chi connectivity index (χ1) is 8.20. The van der Waals surface area contributed by atoms with Crippen LogP contribution in [-0.2, 0) is 9.53 Å². The Balaban J connectivity index is 2.09. The van der Waals surface area contributed by atoms with Gasteiger partial charge >= 0.3 is 6.09 Å². The number of hydrogen-bond acceptors (Lipinski definition) is 3. The average molecular weight is 253 g/mol. The van der Waals surface area contributed by atoms with E-state index in [4.69, 9.17) is 4.74 Å². The molecule has 0 aromatic heterocycles. The zero-order valence-electron chi connectivity index (χ0n) is 11.9. The standard InChI is InChI=1S/C14H23NO3/c1-8(2)12(16)11-7-9-6-10(9)15(11)13(17)18-14(3,4)5/h8-11H,6-7H2,1-5H3. The number of carbonyl (C=O) groups is 2. The van der Waals surface area contributed by atoms with Crippen LogP contribution >= 0.6 is 0 Å². The van der Waals surface area contributed by atoms with Crippen molar-refractivity contribution in [1.29, 1.82) is 0 Å². The largest absolute Gasteiger partial charge is 0.444 e. The summed E-state index contributed by atoms with van der Waals surface area (Å²) in [6, 6.07) is -0.0175. The molecule has 2 aliphatic rings. The van der Waals surface area contributed by atoms with Gasteiger partial charge in [0, 0.05) is 12.0 Å². The highest BCUT2D eigenvalue weighted by molar-refractivity contribution is 5.90. The normalized spacial score (nSPS) is 30.3. The Morgan fingerprint density at radius 3 is 2.33 bits per heavy atom. The number of hydrogen-bond donors (Lipinski definition) is 0. The number of Topliss-reactive ketones (excluding diaryl/α,β-unsaturated/α-hetero) is 1. The van der Waals surface area contributed by atoms with Gasteiger partial charge in [-0.2, -0.15) is 0 Å². The third kappa shape index (κ3) is 2.52. The molecule has 4 nitrogen and oxygen atoms in total. The summed E-state index contributed by atoms with van der Waals surface area (Å²) in [4.78, 5) is 26.0. The first-order valence-corrected chi connectivity index (χ1v) is 6.75. The molecule has 0 N–H and O–H groups in total. The van der Waals surface area contributed by atoms with Gasteiger partial charge in [0.1, 0.15) is 5.60 Å². The van der Waals surface area contributed by atoms with Crippen molar-refractivity contribution in [2.24, 2.45) is 11.8 Å². The molecule has 102 valence electrons. The van der Waals surface area contributed by atoms with Crippen molar-refractivity contribution in [3.05, 3.63) is 0 Å². The first kappa shape index (κ1) is 13.4. The van der Waals surface area contributed by atoms with Crippen LogP contribution < -0.4 is 0 Å². The lowest BCUT2D eigenvalue weighted by Gasteiger charge is -2.30. The van der Waals surface area contributed by atoms with Gasteiger partial charge < -0.3 is 4.74 Å². The van der Waals surface area contributed by atoms with Gasteiger partial charge in [0.05, 0.1) is 6.04 Å². The van der Waals surface area contributed by atoms with Crippen molar-refractivity contribution < 1.29 is 14.3 Å². The summed E-state index contributed by atoms with van der Waals surface area (Å²) >= 11 is 0. The summed E-state index contributed by atoms with van der Waals surface area (Å²) in [6.45, 7) is 9.33. The average Bonchev–Trinajstić information content (AvgIpc) is 2.85. The predicted octanol–water partition coefficient (Wildman–Crippen LogP) is 2.61. The third-order valence-electron chi connectivity index (χ3n) is 3.61. The topological polar surface area (TPSA) is 46.6 Å². The Morgan fingerprint density at radius 1 is 1.22 bits per heavy atom. The van der Waals surface area contributed by atoms with E-state index >= 15 is 0 Å². The molecule has 0 bridgehead atoms. The molecule has 1 aliphatic heterocycles. The summed E-state index contributed by atoms with van der Waals surface area (Å²) in [5.41, 5.74) is -0.504. The van der Waals surface area contributed by atoms with Crippen LogP contribution in [0.2, 0.25) is 0 Å². The van der Waals surface area contributed by atoms with Crippen LogP contribution in [-0.4, -0.2) is 34.5 Å². The summed E-state index contributed by atoms with van der Waals surface area (Å²) in [7, 11) is 0. The summed E-state index contributed by atoms with van der Waals surface area (Å²) in [5, 5.41) is 0. The van der Waals surface area contributed by atoms with Gasteiger partial charge in [0.25, 0.3) is 0 Å². The van der Waals surface area contributed by atoms with Crippen molar-refractivity contribution in [3.8, 4) is 0 Å². The van der Waals surface area contributed by atoms with Crippen LogP contribution in [0.25, 0.3) is 0 Å². The number of piperidine rings is 1. The quantitative estimate of drug-likeness (QED) is 0.760. The monoisotopic (exact) mass is 253 g/mol. The number of likely N-dealkylation sites (tertiary alicyclic amines) is 1. The molecule has 1 aliphatic carbocycles. The van der Waals surface area contributed by atoms with Gasteiger partial charge in [0.2, 0.25) is 0 Å². The predicted molar refractivity (Wildman–Crippen MR) is 68.2 cm³/mol. The second-order valence-corrected chi connectivity index (χ2v) is 6.76. The number of ether oxygens (including phenoxy) is 1. The fourth-order valence-corrected chi connectivity index (χ4v) is 2.67. The van der Waals surface area contributed by atoms with Gasteiger partial charge in [-0.15, -0.1) is 0 Å². The SMILES string of the molecule is CC(C)C(=O)C1CC2CC2N1C(=O)OC(C)(C)C. The molecule has 18 heavy (non-hydrogen) atoms. The molecule has 2 fully saturated rings. The van der Waals surface area contributed by atoms with E-state index in [2.05, 4.69) is 0 Å². The molecule has 0 radical (unpaired) electrons. The Kier molecular flexibility index (Phi) is 3.16. The highest BCUT2D eigenvalue weighted by Gasteiger charge is 2.57. The summed E-state index contributed by atoms with van der Waals surface area (Å²) < 4.78 is 5.41. The molecule has 1 heterocycles. The fourth-order valence-electron chi connectivity index (χ4n) is 2.67. The highest BCUT2D eigenvalue weighted by Crippen LogP contribution is 2.48. The lowest BCUT2D eigenvalue weighted by molar-refractivity contribution is -0.126. The van der Waals surface area contributed by atoms with Crippen LogP contribution in [0, 0.1) is 11.8 Å². The smallest absolute Gasteiger partial charge is 0.411 e. The minimum atomic E-state index is -0.504. The minimum Gasteiger partial charge on any atom is -0.444 e. The van der Waals surface area contributed by atoms with Crippen LogP contribution in [0.4, 0.5) is 4.79 Å². The number of carbonyl (C=O) groups excluding carboxylic acids is 2. The fraction of sp³-hybridized carbons (Fsp3) is 0.857. The van der Waals surface area contributed by atoms with Crippen molar-refractivity contribution >= 4 is 11.9 Å². The zero-order chi connectivity index (χ0) is 13.7. The molecule has 1 saturated carbocycles. The molecule has 1 amide bonds. The number of ketones is 1. The van der Waals surface area contributed by atoms with E-state index < -0.39 is 5.60 Å². The molecule has 3 unspecified atom stereocenters. The van der Waals surface area contributed by atoms with Crippen molar-refractivity contribution in [1.82, 2.24) is 4.90 Å². The lowest BCUT2D eigenvalue weighted by Crippen LogP contribution is -2.46. The molecular formula is C14H23NO3. The van der Waals surface area contributed by atoms with Crippen molar-refractivity contribution in [3.63, 3.8) is 0 Å². The third-order valence-corrected chi connectivity index (χ3v) is 3.61. The molecular weight excluding hydrogens is 230 g/mol. The Morgan fingerprint density at radius 2 is 1.83 bits per heavy atom. The number of fused-ring (bicyclic) bond motifs is 1. The number of nitrogens with zero attached hydrogens (tertiary/aromatic N) is 1. The van der Waals surface area contributed by atoms with Gasteiger partial charge in [-0.1, -0.05) is 13.8 Å².